The average molecular weight is 520 g/mol. The van der Waals surface area contributed by atoms with Gasteiger partial charge in [0.2, 0.25) is 0 Å². The lowest BCUT2D eigenvalue weighted by atomic mass is 10.0. The van der Waals surface area contributed by atoms with Crippen LogP contribution in [0.1, 0.15) is 11.4 Å². The number of hydrogen-bond donors (Lipinski definition) is 2. The number of methoxy groups -OCH3 is 1. The summed E-state index contributed by atoms with van der Waals surface area (Å²) in [6.07, 6.45) is 1.96. The van der Waals surface area contributed by atoms with E-state index in [-0.39, 0.29) is 18.8 Å². The highest BCUT2D eigenvalue weighted by molar-refractivity contribution is 5.58. The Kier molecular flexibility index (Phi) is 8.83. The van der Waals surface area contributed by atoms with Crippen LogP contribution in [0.3, 0.4) is 0 Å². The molecule has 9 nitrogen and oxygen atoms in total. The molecule has 9 heteroatoms. The summed E-state index contributed by atoms with van der Waals surface area (Å²) in [6, 6.07) is 19.7. The smallest absolute Gasteiger partial charge is 0.142 e. The van der Waals surface area contributed by atoms with E-state index in [9.17, 15) is 10.2 Å². The Morgan fingerprint density at radius 2 is 1.53 bits per heavy atom. The SMILES string of the molecule is COc1ccccc1N1CCN(C2C(CN(Cc3ccccn3)Cc3ccccn3)OC(CO)C2O)CC1. The molecular formula is C29H37N5O4. The molecule has 5 rings (SSSR count). The van der Waals surface area contributed by atoms with E-state index in [1.807, 2.05) is 54.6 Å². The third kappa shape index (κ3) is 6.14. The Hall–Kier alpha value is -3.08. The fourth-order valence-corrected chi connectivity index (χ4v) is 5.61. The predicted molar refractivity (Wildman–Crippen MR) is 145 cm³/mol. The summed E-state index contributed by atoms with van der Waals surface area (Å²) < 4.78 is 11.9. The Morgan fingerprint density at radius 1 is 0.895 bits per heavy atom. The Labute approximate surface area is 224 Å². The summed E-state index contributed by atoms with van der Waals surface area (Å²) in [5.41, 5.74) is 3.00. The maximum Gasteiger partial charge on any atom is 0.142 e. The van der Waals surface area contributed by atoms with Crippen LogP contribution in [0.4, 0.5) is 5.69 Å². The van der Waals surface area contributed by atoms with Gasteiger partial charge in [0, 0.05) is 58.2 Å². The second kappa shape index (κ2) is 12.6. The van der Waals surface area contributed by atoms with Crippen molar-refractivity contribution in [3.05, 3.63) is 84.4 Å². The highest BCUT2D eigenvalue weighted by atomic mass is 16.5. The number of rotatable bonds is 10. The van der Waals surface area contributed by atoms with Gasteiger partial charge in [-0.1, -0.05) is 24.3 Å². The molecule has 2 N–H and O–H groups in total. The number of piperazine rings is 1. The van der Waals surface area contributed by atoms with Crippen LogP contribution in [0.15, 0.2) is 73.1 Å². The molecule has 3 aromatic rings. The van der Waals surface area contributed by atoms with Crippen LogP contribution in [-0.2, 0) is 17.8 Å². The highest BCUT2D eigenvalue weighted by Crippen LogP contribution is 2.31. The molecule has 2 aromatic heterocycles. The van der Waals surface area contributed by atoms with Crippen LogP contribution >= 0.6 is 0 Å². The van der Waals surface area contributed by atoms with Crippen molar-refractivity contribution in [2.75, 3.05) is 51.3 Å². The molecule has 2 fully saturated rings. The molecule has 0 spiro atoms. The van der Waals surface area contributed by atoms with Crippen molar-refractivity contribution in [1.82, 2.24) is 19.8 Å². The molecule has 0 aliphatic carbocycles. The summed E-state index contributed by atoms with van der Waals surface area (Å²) in [6.45, 7) is 4.80. The van der Waals surface area contributed by atoms with Gasteiger partial charge in [0.15, 0.2) is 0 Å². The molecular weight excluding hydrogens is 482 g/mol. The number of benzene rings is 1. The first-order chi connectivity index (χ1) is 18.7. The van der Waals surface area contributed by atoms with E-state index in [2.05, 4.69) is 30.7 Å². The van der Waals surface area contributed by atoms with Gasteiger partial charge >= 0.3 is 0 Å². The number of aliphatic hydroxyl groups is 2. The number of pyridine rings is 2. The first-order valence-corrected chi connectivity index (χ1v) is 13.2. The molecule has 2 saturated heterocycles. The molecule has 1 aromatic carbocycles. The Morgan fingerprint density at radius 3 is 2.11 bits per heavy atom. The maximum absolute atomic E-state index is 11.2. The van der Waals surface area contributed by atoms with Crippen molar-refractivity contribution in [2.45, 2.75) is 37.4 Å². The van der Waals surface area contributed by atoms with E-state index in [4.69, 9.17) is 9.47 Å². The second-order valence-corrected chi connectivity index (χ2v) is 9.88. The first-order valence-electron chi connectivity index (χ1n) is 13.2. The molecule has 38 heavy (non-hydrogen) atoms. The van der Waals surface area contributed by atoms with E-state index in [0.29, 0.717) is 19.6 Å². The van der Waals surface area contributed by atoms with Crippen LogP contribution in [0.2, 0.25) is 0 Å². The molecule has 2 aliphatic rings. The molecule has 4 unspecified atom stereocenters. The molecule has 2 aliphatic heterocycles. The topological polar surface area (TPSA) is 94.4 Å². The minimum Gasteiger partial charge on any atom is -0.495 e. The third-order valence-corrected chi connectivity index (χ3v) is 7.46. The molecule has 0 radical (unpaired) electrons. The molecule has 202 valence electrons. The van der Waals surface area contributed by atoms with Crippen molar-refractivity contribution >= 4 is 5.69 Å². The van der Waals surface area contributed by atoms with Gasteiger partial charge < -0.3 is 24.6 Å². The fraction of sp³-hybridized carbons (Fsp3) is 0.448. The predicted octanol–water partition coefficient (Wildman–Crippen LogP) is 1.80. The number of ether oxygens (including phenoxy) is 2. The minimum atomic E-state index is -0.769. The summed E-state index contributed by atoms with van der Waals surface area (Å²) in [5, 5.41) is 21.2. The standard InChI is InChI=1S/C29H37N5O4/c1-37-25-11-3-2-10-24(25)33-14-16-34(17-15-33)28-26(38-27(21-35)29(28)36)20-32(18-22-8-4-6-12-30-22)19-23-9-5-7-13-31-23/h2-13,26-29,35-36H,14-21H2,1H3. The zero-order chi connectivity index (χ0) is 26.3. The zero-order valence-corrected chi connectivity index (χ0v) is 21.8. The molecule has 0 bridgehead atoms. The second-order valence-electron chi connectivity index (χ2n) is 9.88. The van der Waals surface area contributed by atoms with Crippen LogP contribution in [0.5, 0.6) is 5.75 Å². The van der Waals surface area contributed by atoms with Gasteiger partial charge in [0.25, 0.3) is 0 Å². The van der Waals surface area contributed by atoms with E-state index in [1.165, 1.54) is 0 Å². The lowest BCUT2D eigenvalue weighted by Crippen LogP contribution is -2.57. The summed E-state index contributed by atoms with van der Waals surface area (Å²) in [4.78, 5) is 15.9. The van der Waals surface area contributed by atoms with Crippen molar-refractivity contribution in [2.24, 2.45) is 0 Å². The van der Waals surface area contributed by atoms with Crippen molar-refractivity contribution in [3.8, 4) is 5.75 Å². The van der Waals surface area contributed by atoms with Gasteiger partial charge in [-0.3, -0.25) is 19.8 Å². The zero-order valence-electron chi connectivity index (χ0n) is 21.8. The van der Waals surface area contributed by atoms with Crippen molar-refractivity contribution in [3.63, 3.8) is 0 Å². The van der Waals surface area contributed by atoms with Crippen molar-refractivity contribution in [1.29, 1.82) is 0 Å². The quantitative estimate of drug-likeness (QED) is 0.416. The average Bonchev–Trinajstić information content (AvgIpc) is 3.28. The summed E-state index contributed by atoms with van der Waals surface area (Å²) >= 11 is 0. The number of anilines is 1. The third-order valence-electron chi connectivity index (χ3n) is 7.46. The lowest BCUT2D eigenvalue weighted by molar-refractivity contribution is -0.0327. The number of aromatic nitrogens is 2. The fourth-order valence-electron chi connectivity index (χ4n) is 5.61. The monoisotopic (exact) mass is 519 g/mol. The number of hydrogen-bond acceptors (Lipinski definition) is 9. The van der Waals surface area contributed by atoms with E-state index in [0.717, 1.165) is 49.0 Å². The molecule has 4 atom stereocenters. The Balaban J connectivity index is 1.31. The first kappa shape index (κ1) is 26.5. The number of nitrogens with zero attached hydrogens (tertiary/aromatic N) is 5. The van der Waals surface area contributed by atoms with Gasteiger partial charge in [-0.25, -0.2) is 0 Å². The van der Waals surface area contributed by atoms with E-state index in [1.54, 1.807) is 19.5 Å². The van der Waals surface area contributed by atoms with Gasteiger partial charge in [-0.15, -0.1) is 0 Å². The van der Waals surface area contributed by atoms with Crippen LogP contribution in [0, 0.1) is 0 Å². The van der Waals surface area contributed by atoms with Gasteiger partial charge in [-0.05, 0) is 36.4 Å². The summed E-state index contributed by atoms with van der Waals surface area (Å²) in [7, 11) is 1.70. The van der Waals surface area contributed by atoms with Gasteiger partial charge in [-0.2, -0.15) is 0 Å². The number of para-hydroxylation sites is 2. The lowest BCUT2D eigenvalue weighted by Gasteiger charge is -2.42. The maximum atomic E-state index is 11.2. The molecule has 4 heterocycles. The highest BCUT2D eigenvalue weighted by Gasteiger charge is 2.47. The van der Waals surface area contributed by atoms with E-state index < -0.39 is 12.2 Å². The molecule has 0 saturated carbocycles. The van der Waals surface area contributed by atoms with Crippen LogP contribution in [0.25, 0.3) is 0 Å². The summed E-state index contributed by atoms with van der Waals surface area (Å²) in [5.74, 6) is 0.864. The van der Waals surface area contributed by atoms with Gasteiger partial charge in [0.05, 0.1) is 42.9 Å². The Bertz CT molecular complexity index is 1090. The van der Waals surface area contributed by atoms with E-state index >= 15 is 0 Å². The van der Waals surface area contributed by atoms with Gasteiger partial charge in [0.1, 0.15) is 18.0 Å². The van der Waals surface area contributed by atoms with Crippen molar-refractivity contribution < 1.29 is 19.7 Å². The van der Waals surface area contributed by atoms with Crippen LogP contribution in [-0.4, -0.2) is 101 Å². The largest absolute Gasteiger partial charge is 0.495 e. The molecule has 0 amide bonds. The van der Waals surface area contributed by atoms with Crippen LogP contribution < -0.4 is 9.64 Å². The minimum absolute atomic E-state index is 0.212. The number of aliphatic hydroxyl groups excluding tert-OH is 2. The normalized spacial score (nSPS) is 24.2.